The van der Waals surface area contributed by atoms with Crippen molar-refractivity contribution in [2.24, 2.45) is 0 Å². The SMILES string of the molecule is O=C1CCc2ccc(OCc3noc(C(=O)N4CCCC4)n3)cc2N1. The Morgan fingerprint density at radius 2 is 2.12 bits per heavy atom. The lowest BCUT2D eigenvalue weighted by Crippen LogP contribution is -2.27. The van der Waals surface area contributed by atoms with Gasteiger partial charge in [0.15, 0.2) is 6.61 Å². The van der Waals surface area contributed by atoms with Gasteiger partial charge < -0.3 is 19.5 Å². The Morgan fingerprint density at radius 1 is 1.28 bits per heavy atom. The Bertz CT molecular complexity index is 811. The first kappa shape index (κ1) is 15.6. The van der Waals surface area contributed by atoms with Crippen molar-refractivity contribution in [3.8, 4) is 5.75 Å². The Balaban J connectivity index is 1.39. The molecule has 0 aliphatic carbocycles. The van der Waals surface area contributed by atoms with Gasteiger partial charge >= 0.3 is 11.8 Å². The van der Waals surface area contributed by atoms with Crippen LogP contribution in [0.3, 0.4) is 0 Å². The minimum Gasteiger partial charge on any atom is -0.485 e. The number of ether oxygens (including phenoxy) is 1. The normalized spacial score (nSPS) is 16.5. The van der Waals surface area contributed by atoms with Gasteiger partial charge in [-0.15, -0.1) is 0 Å². The molecule has 1 aromatic heterocycles. The van der Waals surface area contributed by atoms with E-state index in [1.807, 2.05) is 12.1 Å². The van der Waals surface area contributed by atoms with Crippen LogP contribution < -0.4 is 10.1 Å². The van der Waals surface area contributed by atoms with Crippen molar-refractivity contribution in [1.82, 2.24) is 15.0 Å². The van der Waals surface area contributed by atoms with Crippen molar-refractivity contribution in [3.63, 3.8) is 0 Å². The van der Waals surface area contributed by atoms with E-state index in [-0.39, 0.29) is 24.3 Å². The second-order valence-electron chi connectivity index (χ2n) is 6.17. The van der Waals surface area contributed by atoms with Crippen LogP contribution in [0.1, 0.15) is 41.3 Å². The molecule has 2 aliphatic heterocycles. The molecule has 0 saturated carbocycles. The van der Waals surface area contributed by atoms with E-state index in [1.54, 1.807) is 11.0 Å². The highest BCUT2D eigenvalue weighted by Gasteiger charge is 2.24. The van der Waals surface area contributed by atoms with E-state index < -0.39 is 0 Å². The molecule has 0 unspecified atom stereocenters. The molecule has 0 atom stereocenters. The molecule has 1 N–H and O–H groups in total. The van der Waals surface area contributed by atoms with Crippen LogP contribution in [0.25, 0.3) is 0 Å². The zero-order valence-electron chi connectivity index (χ0n) is 13.7. The van der Waals surface area contributed by atoms with Crippen molar-refractivity contribution in [2.45, 2.75) is 32.3 Å². The minimum absolute atomic E-state index is 0.00166. The fraction of sp³-hybridized carbons (Fsp3) is 0.412. The molecule has 8 nitrogen and oxygen atoms in total. The number of aromatic nitrogens is 2. The number of rotatable bonds is 4. The second kappa shape index (κ2) is 6.54. The maximum absolute atomic E-state index is 12.2. The van der Waals surface area contributed by atoms with Crippen molar-refractivity contribution >= 4 is 17.5 Å². The molecule has 130 valence electrons. The zero-order valence-corrected chi connectivity index (χ0v) is 13.7. The summed E-state index contributed by atoms with van der Waals surface area (Å²) in [4.78, 5) is 29.5. The number of aryl methyl sites for hydroxylation is 1. The third-order valence-corrected chi connectivity index (χ3v) is 4.39. The Morgan fingerprint density at radius 3 is 2.96 bits per heavy atom. The summed E-state index contributed by atoms with van der Waals surface area (Å²) in [6.45, 7) is 1.55. The van der Waals surface area contributed by atoms with Gasteiger partial charge in [-0.1, -0.05) is 11.2 Å². The number of benzene rings is 1. The van der Waals surface area contributed by atoms with Gasteiger partial charge in [-0.3, -0.25) is 9.59 Å². The molecule has 0 bridgehead atoms. The molecule has 0 radical (unpaired) electrons. The monoisotopic (exact) mass is 342 g/mol. The highest BCUT2D eigenvalue weighted by atomic mass is 16.5. The Kier molecular flexibility index (Phi) is 4.09. The summed E-state index contributed by atoms with van der Waals surface area (Å²) >= 11 is 0. The maximum Gasteiger partial charge on any atom is 0.316 e. The van der Waals surface area contributed by atoms with Crippen molar-refractivity contribution < 1.29 is 18.8 Å². The summed E-state index contributed by atoms with van der Waals surface area (Å²) in [5.74, 6) is 0.682. The van der Waals surface area contributed by atoms with E-state index in [0.29, 0.717) is 18.0 Å². The van der Waals surface area contributed by atoms with Gasteiger partial charge in [0.25, 0.3) is 0 Å². The number of carbonyl (C=O) groups excluding carboxylic acids is 2. The van der Waals surface area contributed by atoms with Gasteiger partial charge in [0.05, 0.1) is 0 Å². The van der Waals surface area contributed by atoms with E-state index >= 15 is 0 Å². The fourth-order valence-corrected chi connectivity index (χ4v) is 3.04. The third kappa shape index (κ3) is 3.33. The van der Waals surface area contributed by atoms with E-state index in [0.717, 1.165) is 43.6 Å². The number of amides is 2. The Labute approximate surface area is 144 Å². The number of carbonyl (C=O) groups is 2. The molecule has 1 fully saturated rings. The summed E-state index contributed by atoms with van der Waals surface area (Å²) in [7, 11) is 0. The van der Waals surface area contributed by atoms with E-state index in [2.05, 4.69) is 15.5 Å². The summed E-state index contributed by atoms with van der Waals surface area (Å²) in [6.07, 6.45) is 3.24. The molecule has 8 heteroatoms. The largest absolute Gasteiger partial charge is 0.485 e. The predicted molar refractivity (Wildman–Crippen MR) is 87.2 cm³/mol. The van der Waals surface area contributed by atoms with Gasteiger partial charge in [0.2, 0.25) is 11.7 Å². The molecule has 2 aromatic rings. The molecule has 25 heavy (non-hydrogen) atoms. The third-order valence-electron chi connectivity index (χ3n) is 4.39. The van der Waals surface area contributed by atoms with Crippen LogP contribution in [-0.2, 0) is 17.8 Å². The highest BCUT2D eigenvalue weighted by molar-refractivity contribution is 5.94. The lowest BCUT2D eigenvalue weighted by molar-refractivity contribution is -0.116. The Hall–Kier alpha value is -2.90. The van der Waals surface area contributed by atoms with Crippen LogP contribution >= 0.6 is 0 Å². The number of likely N-dealkylation sites (tertiary alicyclic amines) is 1. The molecule has 0 spiro atoms. The highest BCUT2D eigenvalue weighted by Crippen LogP contribution is 2.27. The number of hydrogen-bond acceptors (Lipinski definition) is 6. The molecule has 1 aromatic carbocycles. The topological polar surface area (TPSA) is 97.6 Å². The molecule has 1 saturated heterocycles. The van der Waals surface area contributed by atoms with Crippen molar-refractivity contribution in [2.75, 3.05) is 18.4 Å². The summed E-state index contributed by atoms with van der Waals surface area (Å²) in [6, 6.07) is 5.55. The van der Waals surface area contributed by atoms with E-state index in [4.69, 9.17) is 9.26 Å². The lowest BCUT2D eigenvalue weighted by atomic mass is 10.0. The van der Waals surface area contributed by atoms with Crippen LogP contribution in [0.2, 0.25) is 0 Å². The lowest BCUT2D eigenvalue weighted by Gasteiger charge is -2.17. The quantitative estimate of drug-likeness (QED) is 0.909. The first-order valence-electron chi connectivity index (χ1n) is 8.36. The summed E-state index contributed by atoms with van der Waals surface area (Å²) < 4.78 is 10.7. The molecule has 3 heterocycles. The van der Waals surface area contributed by atoms with E-state index in [9.17, 15) is 9.59 Å². The number of nitrogens with zero attached hydrogens (tertiary/aromatic N) is 3. The van der Waals surface area contributed by atoms with Crippen LogP contribution in [-0.4, -0.2) is 39.9 Å². The summed E-state index contributed by atoms with van der Waals surface area (Å²) in [5.41, 5.74) is 1.86. The predicted octanol–water partition coefficient (Wildman–Crippen LogP) is 1.77. The van der Waals surface area contributed by atoms with Crippen molar-refractivity contribution in [1.29, 1.82) is 0 Å². The first-order chi connectivity index (χ1) is 12.2. The van der Waals surface area contributed by atoms with E-state index in [1.165, 1.54) is 0 Å². The van der Waals surface area contributed by atoms with Crippen molar-refractivity contribution in [3.05, 3.63) is 35.5 Å². The standard InChI is InChI=1S/C17H18N4O4/c22-15-6-4-11-3-5-12(9-13(11)18-15)24-10-14-19-16(25-20-14)17(23)21-7-1-2-8-21/h3,5,9H,1-2,4,6-8,10H2,(H,18,22). The molecule has 4 rings (SSSR count). The summed E-state index contributed by atoms with van der Waals surface area (Å²) in [5, 5.41) is 6.62. The molecular weight excluding hydrogens is 324 g/mol. The molecular formula is C17H18N4O4. The number of nitrogens with one attached hydrogen (secondary N) is 1. The number of hydrogen-bond donors (Lipinski definition) is 1. The average molecular weight is 342 g/mol. The van der Waals surface area contributed by atoms with Crippen LogP contribution in [0.4, 0.5) is 5.69 Å². The van der Waals surface area contributed by atoms with Gasteiger partial charge in [-0.2, -0.15) is 4.98 Å². The molecule has 2 amide bonds. The number of fused-ring (bicyclic) bond motifs is 1. The zero-order chi connectivity index (χ0) is 17.2. The van der Waals surface area contributed by atoms with Gasteiger partial charge in [0, 0.05) is 31.3 Å². The minimum atomic E-state index is -0.229. The van der Waals surface area contributed by atoms with Crippen LogP contribution in [0.5, 0.6) is 5.75 Å². The molecule has 2 aliphatic rings. The van der Waals surface area contributed by atoms with Gasteiger partial charge in [-0.25, -0.2) is 0 Å². The maximum atomic E-state index is 12.2. The van der Waals surface area contributed by atoms with Gasteiger partial charge in [-0.05, 0) is 30.9 Å². The number of anilines is 1. The second-order valence-corrected chi connectivity index (χ2v) is 6.17. The van der Waals surface area contributed by atoms with Gasteiger partial charge in [0.1, 0.15) is 5.75 Å². The fourth-order valence-electron chi connectivity index (χ4n) is 3.04. The first-order valence-corrected chi connectivity index (χ1v) is 8.36. The van der Waals surface area contributed by atoms with Crippen LogP contribution in [0, 0.1) is 0 Å². The smallest absolute Gasteiger partial charge is 0.316 e. The average Bonchev–Trinajstić information content (AvgIpc) is 3.31. The van der Waals surface area contributed by atoms with Crippen LogP contribution in [0.15, 0.2) is 22.7 Å².